The van der Waals surface area contributed by atoms with Gasteiger partial charge in [-0.1, -0.05) is 30.3 Å². The van der Waals surface area contributed by atoms with E-state index in [4.69, 9.17) is 4.42 Å². The van der Waals surface area contributed by atoms with Crippen LogP contribution in [0.2, 0.25) is 0 Å². The fraction of sp³-hybridized carbons (Fsp3) is 0.385. The van der Waals surface area contributed by atoms with Crippen LogP contribution in [-0.4, -0.2) is 55.6 Å². The van der Waals surface area contributed by atoms with Crippen LogP contribution in [0.15, 0.2) is 65.6 Å². The molecule has 6 nitrogen and oxygen atoms in total. The van der Waals surface area contributed by atoms with Crippen molar-refractivity contribution >= 4 is 17.3 Å². The van der Waals surface area contributed by atoms with E-state index in [1.807, 2.05) is 29.2 Å². The second-order valence-electron chi connectivity index (χ2n) is 8.87. The molecule has 0 radical (unpaired) electrons. The quantitative estimate of drug-likeness (QED) is 0.611. The lowest BCUT2D eigenvalue weighted by molar-refractivity contribution is -0.123. The Kier molecular flexibility index (Phi) is 5.95. The number of nitrogens with zero attached hydrogens (tertiary/aromatic N) is 4. The lowest BCUT2D eigenvalue weighted by Gasteiger charge is -2.36. The molecule has 3 heterocycles. The Morgan fingerprint density at radius 2 is 1.78 bits per heavy atom. The van der Waals surface area contributed by atoms with Gasteiger partial charge in [-0.25, -0.2) is 4.98 Å². The second kappa shape index (κ2) is 9.17. The van der Waals surface area contributed by atoms with Crippen molar-refractivity contribution in [3.8, 4) is 11.3 Å². The molecule has 1 amide bonds. The summed E-state index contributed by atoms with van der Waals surface area (Å²) in [4.78, 5) is 24.5. The third kappa shape index (κ3) is 4.28. The van der Waals surface area contributed by atoms with Gasteiger partial charge in [-0.3, -0.25) is 4.79 Å². The van der Waals surface area contributed by atoms with E-state index in [9.17, 15) is 4.79 Å². The zero-order chi connectivity index (χ0) is 21.9. The van der Waals surface area contributed by atoms with Gasteiger partial charge in [-0.2, -0.15) is 0 Å². The number of carbonyl (C=O) groups excluding carboxylic acids is 1. The van der Waals surface area contributed by atoms with Crippen LogP contribution in [0.25, 0.3) is 11.3 Å². The summed E-state index contributed by atoms with van der Waals surface area (Å²) in [5.74, 6) is 0.256. The number of oxazole rings is 1. The molecule has 5 rings (SSSR count). The van der Waals surface area contributed by atoms with Crippen molar-refractivity contribution in [3.63, 3.8) is 0 Å². The minimum absolute atomic E-state index is 0.0209. The third-order valence-electron chi connectivity index (χ3n) is 6.76. The Hall–Kier alpha value is -3.12. The minimum Gasteiger partial charge on any atom is -0.451 e. The molecule has 6 heteroatoms. The SMILES string of the molecule is CN1CCN(c2ccccc2CC2CCCN(c3ccc(-c4cocn4)cc3)C2=O)CC1. The van der Waals surface area contributed by atoms with Gasteiger partial charge in [0.05, 0.1) is 0 Å². The van der Waals surface area contributed by atoms with E-state index in [1.165, 1.54) is 17.6 Å². The fourth-order valence-corrected chi connectivity index (χ4v) is 4.87. The van der Waals surface area contributed by atoms with Gasteiger partial charge in [-0.05, 0) is 50.1 Å². The monoisotopic (exact) mass is 430 g/mol. The van der Waals surface area contributed by atoms with E-state index in [0.29, 0.717) is 0 Å². The number of amides is 1. The summed E-state index contributed by atoms with van der Waals surface area (Å²) in [6, 6.07) is 16.7. The highest BCUT2D eigenvalue weighted by molar-refractivity contribution is 5.96. The van der Waals surface area contributed by atoms with E-state index in [-0.39, 0.29) is 11.8 Å². The number of anilines is 2. The van der Waals surface area contributed by atoms with Crippen LogP contribution in [-0.2, 0) is 11.2 Å². The lowest BCUT2D eigenvalue weighted by atomic mass is 9.89. The molecule has 2 aliphatic heterocycles. The first kappa shape index (κ1) is 20.8. The molecule has 1 atom stereocenters. The van der Waals surface area contributed by atoms with Crippen LogP contribution < -0.4 is 9.80 Å². The molecule has 0 spiro atoms. The predicted octanol–water partition coefficient (Wildman–Crippen LogP) is 4.08. The van der Waals surface area contributed by atoms with E-state index >= 15 is 0 Å². The van der Waals surface area contributed by atoms with Crippen molar-refractivity contribution in [3.05, 3.63) is 66.8 Å². The van der Waals surface area contributed by atoms with Gasteiger partial charge in [0, 0.05) is 55.6 Å². The maximum absolute atomic E-state index is 13.5. The summed E-state index contributed by atoms with van der Waals surface area (Å²) in [6.07, 6.45) is 5.84. The first-order valence-electron chi connectivity index (χ1n) is 11.5. The van der Waals surface area contributed by atoms with Gasteiger partial charge in [0.2, 0.25) is 5.91 Å². The molecule has 2 saturated heterocycles. The first-order chi connectivity index (χ1) is 15.7. The van der Waals surface area contributed by atoms with Gasteiger partial charge < -0.3 is 19.1 Å². The Morgan fingerprint density at radius 3 is 2.53 bits per heavy atom. The number of carbonyl (C=O) groups is 1. The highest BCUT2D eigenvalue weighted by atomic mass is 16.3. The second-order valence-corrected chi connectivity index (χ2v) is 8.87. The molecule has 166 valence electrons. The van der Waals surface area contributed by atoms with Gasteiger partial charge in [0.15, 0.2) is 6.39 Å². The number of para-hydroxylation sites is 1. The maximum atomic E-state index is 13.5. The van der Waals surface area contributed by atoms with Crippen molar-refractivity contribution in [1.82, 2.24) is 9.88 Å². The topological polar surface area (TPSA) is 52.8 Å². The standard InChI is InChI=1S/C26H30N4O2/c1-28-13-15-29(16-14-28)25-7-3-2-5-21(25)17-22-6-4-12-30(26(22)31)23-10-8-20(9-11-23)24-18-32-19-27-24/h2-3,5,7-11,18-19,22H,4,6,12-17H2,1H3. The van der Waals surface area contributed by atoms with Crippen LogP contribution in [0.1, 0.15) is 18.4 Å². The molecule has 0 N–H and O–H groups in total. The van der Waals surface area contributed by atoms with Crippen LogP contribution >= 0.6 is 0 Å². The smallest absolute Gasteiger partial charge is 0.230 e. The number of rotatable bonds is 5. The van der Waals surface area contributed by atoms with Crippen molar-refractivity contribution in [2.75, 3.05) is 49.6 Å². The zero-order valence-corrected chi connectivity index (χ0v) is 18.6. The van der Waals surface area contributed by atoms with Crippen LogP contribution in [0.3, 0.4) is 0 Å². The normalized spacial score (nSPS) is 20.0. The number of piperazine rings is 1. The number of benzene rings is 2. The molecule has 32 heavy (non-hydrogen) atoms. The average Bonchev–Trinajstić information content (AvgIpc) is 3.37. The Labute approximate surface area is 189 Å². The lowest BCUT2D eigenvalue weighted by Crippen LogP contribution is -2.45. The number of piperidine rings is 1. The van der Waals surface area contributed by atoms with Gasteiger partial charge in [0.1, 0.15) is 12.0 Å². The molecule has 0 bridgehead atoms. The number of hydrogen-bond donors (Lipinski definition) is 0. The Balaban J connectivity index is 1.31. The van der Waals surface area contributed by atoms with Crippen LogP contribution in [0, 0.1) is 5.92 Å². The third-order valence-corrected chi connectivity index (χ3v) is 6.76. The van der Waals surface area contributed by atoms with E-state index in [2.05, 4.69) is 46.1 Å². The molecule has 2 aromatic carbocycles. The van der Waals surface area contributed by atoms with Crippen molar-refractivity contribution in [2.45, 2.75) is 19.3 Å². The number of hydrogen-bond acceptors (Lipinski definition) is 5. The van der Waals surface area contributed by atoms with E-state index in [0.717, 1.165) is 68.9 Å². The highest BCUT2D eigenvalue weighted by Crippen LogP contribution is 2.31. The molecule has 3 aromatic rings. The summed E-state index contributed by atoms with van der Waals surface area (Å²) in [6.45, 7) is 5.01. The first-order valence-corrected chi connectivity index (χ1v) is 11.5. The van der Waals surface area contributed by atoms with Gasteiger partial charge in [0.25, 0.3) is 0 Å². The molecular weight excluding hydrogens is 400 g/mol. The van der Waals surface area contributed by atoms with E-state index < -0.39 is 0 Å². The molecule has 2 aliphatic rings. The van der Waals surface area contributed by atoms with Gasteiger partial charge >= 0.3 is 0 Å². The molecule has 0 aliphatic carbocycles. The van der Waals surface area contributed by atoms with Crippen molar-refractivity contribution < 1.29 is 9.21 Å². The zero-order valence-electron chi connectivity index (χ0n) is 18.6. The van der Waals surface area contributed by atoms with Crippen molar-refractivity contribution in [1.29, 1.82) is 0 Å². The summed E-state index contributed by atoms with van der Waals surface area (Å²) >= 11 is 0. The van der Waals surface area contributed by atoms with Crippen molar-refractivity contribution in [2.24, 2.45) is 5.92 Å². The maximum Gasteiger partial charge on any atom is 0.230 e. The Bertz CT molecular complexity index is 1040. The predicted molar refractivity (Wildman–Crippen MR) is 127 cm³/mol. The summed E-state index contributed by atoms with van der Waals surface area (Å²) in [5, 5.41) is 0. The fourth-order valence-electron chi connectivity index (χ4n) is 4.87. The van der Waals surface area contributed by atoms with E-state index in [1.54, 1.807) is 6.26 Å². The van der Waals surface area contributed by atoms with Crippen LogP contribution in [0.4, 0.5) is 11.4 Å². The summed E-state index contributed by atoms with van der Waals surface area (Å²) < 4.78 is 5.08. The highest BCUT2D eigenvalue weighted by Gasteiger charge is 2.31. The molecule has 2 fully saturated rings. The Morgan fingerprint density at radius 1 is 1.00 bits per heavy atom. The van der Waals surface area contributed by atoms with Gasteiger partial charge in [-0.15, -0.1) is 0 Å². The summed E-state index contributed by atoms with van der Waals surface area (Å²) in [5.41, 5.74) is 5.34. The molecular formula is C26H30N4O2. The minimum atomic E-state index is 0.0209. The largest absolute Gasteiger partial charge is 0.451 e. The number of likely N-dealkylation sites (N-methyl/N-ethyl adjacent to an activating group) is 1. The molecule has 0 saturated carbocycles. The average molecular weight is 431 g/mol. The molecule has 1 aromatic heterocycles. The van der Waals surface area contributed by atoms with Crippen LogP contribution in [0.5, 0.6) is 0 Å². The molecule has 1 unspecified atom stereocenters. The number of aromatic nitrogens is 1. The summed E-state index contributed by atoms with van der Waals surface area (Å²) in [7, 11) is 2.18.